The zero-order chi connectivity index (χ0) is 17.8. The van der Waals surface area contributed by atoms with Crippen molar-refractivity contribution < 1.29 is 17.7 Å². The summed E-state index contributed by atoms with van der Waals surface area (Å²) < 4.78 is 37.9. The molecule has 0 aliphatic carbocycles. The highest BCUT2D eigenvalue weighted by molar-refractivity contribution is 7.86. The third-order valence-electron chi connectivity index (χ3n) is 4.14. The van der Waals surface area contributed by atoms with Crippen molar-refractivity contribution in [3.63, 3.8) is 0 Å². The fraction of sp³-hybridized carbons (Fsp3) is 0.684. The molecule has 0 fully saturated rings. The van der Waals surface area contributed by atoms with Crippen molar-refractivity contribution in [3.8, 4) is 5.75 Å². The largest absolute Gasteiger partial charge is 0.472 e. The van der Waals surface area contributed by atoms with Gasteiger partial charge in [-0.2, -0.15) is 8.42 Å². The molecule has 0 aromatic heterocycles. The molecule has 1 rings (SSSR count). The van der Waals surface area contributed by atoms with Crippen LogP contribution in [0.15, 0.2) is 24.3 Å². The Kier molecular flexibility index (Phi) is 10.0. The van der Waals surface area contributed by atoms with Gasteiger partial charge in [0.1, 0.15) is 5.75 Å². The molecule has 0 radical (unpaired) electrons. The maximum Gasteiger partial charge on any atom is 0.303 e. The Bertz CT molecular complexity index is 554. The van der Waals surface area contributed by atoms with Crippen molar-refractivity contribution >= 4 is 10.1 Å². The smallest absolute Gasteiger partial charge is 0.303 e. The SMILES string of the molecule is CCCCCCCCCc1ccccc1OC(CCC)S(=O)(=O)O. The first-order valence-corrected chi connectivity index (χ1v) is 10.7. The zero-order valence-corrected chi connectivity index (χ0v) is 15.9. The molecule has 138 valence electrons. The van der Waals surface area contributed by atoms with Crippen LogP contribution in [0.1, 0.15) is 77.2 Å². The minimum absolute atomic E-state index is 0.282. The number of hydrogen-bond acceptors (Lipinski definition) is 3. The van der Waals surface area contributed by atoms with Crippen LogP contribution < -0.4 is 4.74 Å². The van der Waals surface area contributed by atoms with Gasteiger partial charge in [0.2, 0.25) is 5.44 Å². The van der Waals surface area contributed by atoms with Crippen molar-refractivity contribution in [3.05, 3.63) is 29.8 Å². The summed E-state index contributed by atoms with van der Waals surface area (Å²) in [5.41, 5.74) is -0.173. The van der Waals surface area contributed by atoms with E-state index in [2.05, 4.69) is 6.92 Å². The number of aryl methyl sites for hydroxylation is 1. The van der Waals surface area contributed by atoms with Crippen LogP contribution in [0.5, 0.6) is 5.75 Å². The molecule has 1 aromatic rings. The molecule has 1 N–H and O–H groups in total. The predicted molar refractivity (Wildman–Crippen MR) is 99.0 cm³/mol. The number of benzene rings is 1. The topological polar surface area (TPSA) is 63.6 Å². The van der Waals surface area contributed by atoms with E-state index in [1.807, 2.05) is 25.1 Å². The minimum atomic E-state index is -4.20. The monoisotopic (exact) mass is 356 g/mol. The summed E-state index contributed by atoms with van der Waals surface area (Å²) in [4.78, 5) is 0. The van der Waals surface area contributed by atoms with Gasteiger partial charge in [-0.05, 0) is 24.5 Å². The van der Waals surface area contributed by atoms with E-state index in [9.17, 15) is 13.0 Å². The number of hydrogen-bond donors (Lipinski definition) is 1. The summed E-state index contributed by atoms with van der Waals surface area (Å²) in [6.45, 7) is 4.08. The number of rotatable bonds is 13. The van der Waals surface area contributed by atoms with Gasteiger partial charge in [0, 0.05) is 6.42 Å². The van der Waals surface area contributed by atoms with E-state index in [4.69, 9.17) is 4.74 Å². The molecule has 0 saturated carbocycles. The van der Waals surface area contributed by atoms with Gasteiger partial charge in [0.05, 0.1) is 0 Å². The lowest BCUT2D eigenvalue weighted by Gasteiger charge is -2.18. The molecule has 0 amide bonds. The highest BCUT2D eigenvalue weighted by atomic mass is 32.2. The fourth-order valence-electron chi connectivity index (χ4n) is 2.74. The molecular formula is C19H32O4S. The van der Waals surface area contributed by atoms with E-state index in [1.54, 1.807) is 6.07 Å². The Morgan fingerprint density at radius 1 is 0.958 bits per heavy atom. The van der Waals surface area contributed by atoms with Gasteiger partial charge in [-0.15, -0.1) is 0 Å². The maximum absolute atomic E-state index is 11.5. The van der Waals surface area contributed by atoms with E-state index in [1.165, 1.54) is 38.5 Å². The van der Waals surface area contributed by atoms with Gasteiger partial charge in [0.25, 0.3) is 0 Å². The molecule has 1 unspecified atom stereocenters. The summed E-state index contributed by atoms with van der Waals surface area (Å²) in [5.74, 6) is 0.569. The van der Waals surface area contributed by atoms with E-state index >= 15 is 0 Å². The predicted octanol–water partition coefficient (Wildman–Crippen LogP) is 5.37. The van der Waals surface area contributed by atoms with Crippen LogP contribution >= 0.6 is 0 Å². The molecular weight excluding hydrogens is 324 g/mol. The maximum atomic E-state index is 11.5. The van der Waals surface area contributed by atoms with Crippen LogP contribution in [-0.2, 0) is 16.5 Å². The second-order valence-electron chi connectivity index (χ2n) is 6.33. The molecule has 0 bridgehead atoms. The summed E-state index contributed by atoms with van der Waals surface area (Å²) >= 11 is 0. The third kappa shape index (κ3) is 8.15. The highest BCUT2D eigenvalue weighted by Gasteiger charge is 2.24. The molecule has 1 atom stereocenters. The molecule has 24 heavy (non-hydrogen) atoms. The first-order chi connectivity index (χ1) is 11.5. The second-order valence-corrected chi connectivity index (χ2v) is 7.89. The molecule has 0 saturated heterocycles. The van der Waals surface area contributed by atoms with E-state index in [-0.39, 0.29) is 6.42 Å². The number of ether oxygens (including phenoxy) is 1. The molecule has 1 aromatic carbocycles. The lowest BCUT2D eigenvalue weighted by molar-refractivity contribution is 0.243. The first kappa shape index (κ1) is 21.0. The third-order valence-corrected chi connectivity index (χ3v) is 5.13. The van der Waals surface area contributed by atoms with Crippen LogP contribution in [0, 0.1) is 0 Å². The quantitative estimate of drug-likeness (QED) is 0.381. The van der Waals surface area contributed by atoms with Crippen molar-refractivity contribution in [2.45, 2.75) is 83.5 Å². The van der Waals surface area contributed by atoms with E-state index in [0.29, 0.717) is 12.2 Å². The molecule has 5 heteroatoms. The van der Waals surface area contributed by atoms with E-state index < -0.39 is 15.6 Å². The Balaban J connectivity index is 2.55. The van der Waals surface area contributed by atoms with Crippen LogP contribution in [0.4, 0.5) is 0 Å². The van der Waals surface area contributed by atoms with Crippen LogP contribution in [0.25, 0.3) is 0 Å². The van der Waals surface area contributed by atoms with Crippen molar-refractivity contribution in [2.75, 3.05) is 0 Å². The Hall–Kier alpha value is -1.07. The zero-order valence-electron chi connectivity index (χ0n) is 15.0. The van der Waals surface area contributed by atoms with Crippen molar-refractivity contribution in [2.24, 2.45) is 0 Å². The van der Waals surface area contributed by atoms with Gasteiger partial charge in [-0.1, -0.05) is 77.0 Å². The molecule has 0 heterocycles. The van der Waals surface area contributed by atoms with Crippen LogP contribution in [0.3, 0.4) is 0 Å². The van der Waals surface area contributed by atoms with Crippen molar-refractivity contribution in [1.29, 1.82) is 0 Å². The summed E-state index contributed by atoms with van der Waals surface area (Å²) in [7, 11) is -4.20. The van der Waals surface area contributed by atoms with E-state index in [0.717, 1.165) is 18.4 Å². The highest BCUT2D eigenvalue weighted by Crippen LogP contribution is 2.24. The minimum Gasteiger partial charge on any atom is -0.472 e. The average Bonchev–Trinajstić information content (AvgIpc) is 2.54. The normalized spacial score (nSPS) is 13.0. The Labute approximate surface area is 147 Å². The van der Waals surface area contributed by atoms with Crippen molar-refractivity contribution in [1.82, 2.24) is 0 Å². The van der Waals surface area contributed by atoms with Crippen LogP contribution in [-0.4, -0.2) is 18.4 Å². The summed E-state index contributed by atoms with van der Waals surface area (Å²) in [5, 5.41) is 0. The second kappa shape index (κ2) is 11.5. The van der Waals surface area contributed by atoms with Gasteiger partial charge >= 0.3 is 10.1 Å². The lowest BCUT2D eigenvalue weighted by Crippen LogP contribution is -2.27. The molecule has 0 aliphatic heterocycles. The Morgan fingerprint density at radius 2 is 1.58 bits per heavy atom. The van der Waals surface area contributed by atoms with Gasteiger partial charge < -0.3 is 4.74 Å². The molecule has 0 aliphatic rings. The van der Waals surface area contributed by atoms with Gasteiger partial charge in [-0.25, -0.2) is 0 Å². The molecule has 0 spiro atoms. The van der Waals surface area contributed by atoms with Crippen LogP contribution in [0.2, 0.25) is 0 Å². The molecule has 4 nitrogen and oxygen atoms in total. The lowest BCUT2D eigenvalue weighted by atomic mass is 10.0. The number of para-hydroxylation sites is 1. The number of unbranched alkanes of at least 4 members (excludes halogenated alkanes) is 6. The van der Waals surface area contributed by atoms with Gasteiger partial charge in [-0.3, -0.25) is 4.55 Å². The summed E-state index contributed by atoms with van der Waals surface area (Å²) in [6, 6.07) is 7.52. The summed E-state index contributed by atoms with van der Waals surface area (Å²) in [6.07, 6.45) is 10.4. The average molecular weight is 357 g/mol. The Morgan fingerprint density at radius 3 is 2.21 bits per heavy atom. The fourth-order valence-corrected chi connectivity index (χ4v) is 3.50. The standard InChI is InChI=1S/C19H32O4S/c1-3-5-6-7-8-9-10-14-17-15-11-12-16-18(17)23-19(13-4-2)24(20,21)22/h11-12,15-16,19H,3-10,13-14H2,1-2H3,(H,20,21,22). The van der Waals surface area contributed by atoms with Gasteiger partial charge in [0.15, 0.2) is 0 Å². The first-order valence-electron chi connectivity index (χ1n) is 9.19.